The summed E-state index contributed by atoms with van der Waals surface area (Å²) >= 11 is 3.47. The molecule has 0 fully saturated rings. The van der Waals surface area contributed by atoms with Crippen LogP contribution in [-0.4, -0.2) is 12.5 Å². The maximum Gasteiger partial charge on any atom is 0.224 e. The van der Waals surface area contributed by atoms with Gasteiger partial charge >= 0.3 is 0 Å². The number of benzene rings is 2. The highest BCUT2D eigenvalue weighted by Crippen LogP contribution is 2.22. The SMILES string of the molecule is CC(C)(CNC(=O)Cc1ccccc1Br)c1ccccc1. The molecule has 0 aliphatic heterocycles. The lowest BCUT2D eigenvalue weighted by molar-refractivity contribution is -0.120. The highest BCUT2D eigenvalue weighted by Gasteiger charge is 2.21. The highest BCUT2D eigenvalue weighted by atomic mass is 79.9. The van der Waals surface area contributed by atoms with E-state index in [0.29, 0.717) is 13.0 Å². The molecule has 2 aromatic carbocycles. The third-order valence-corrected chi connectivity index (χ3v) is 4.37. The molecule has 1 amide bonds. The molecule has 3 heteroatoms. The smallest absolute Gasteiger partial charge is 0.224 e. The Bertz CT molecular complexity index is 608. The average Bonchev–Trinajstić information content (AvgIpc) is 2.49. The molecule has 0 saturated heterocycles. The first-order chi connectivity index (χ1) is 9.99. The number of halogens is 1. The van der Waals surface area contributed by atoms with Gasteiger partial charge in [-0.25, -0.2) is 0 Å². The van der Waals surface area contributed by atoms with Gasteiger partial charge in [0, 0.05) is 16.4 Å². The normalized spacial score (nSPS) is 11.2. The molecule has 0 aliphatic carbocycles. The lowest BCUT2D eigenvalue weighted by Gasteiger charge is -2.25. The number of amides is 1. The molecule has 21 heavy (non-hydrogen) atoms. The molecule has 2 nitrogen and oxygen atoms in total. The molecule has 0 spiro atoms. The van der Waals surface area contributed by atoms with Crippen LogP contribution >= 0.6 is 15.9 Å². The van der Waals surface area contributed by atoms with E-state index in [1.165, 1.54) is 5.56 Å². The van der Waals surface area contributed by atoms with Crippen LogP contribution in [0, 0.1) is 0 Å². The van der Waals surface area contributed by atoms with Crippen LogP contribution in [0.4, 0.5) is 0 Å². The fraction of sp³-hybridized carbons (Fsp3) is 0.278. The van der Waals surface area contributed by atoms with Gasteiger partial charge in [0.1, 0.15) is 0 Å². The van der Waals surface area contributed by atoms with Crippen LogP contribution in [0.2, 0.25) is 0 Å². The van der Waals surface area contributed by atoms with E-state index >= 15 is 0 Å². The molecule has 0 aromatic heterocycles. The summed E-state index contributed by atoms with van der Waals surface area (Å²) in [5.74, 6) is 0.0471. The monoisotopic (exact) mass is 345 g/mol. The number of rotatable bonds is 5. The minimum absolute atomic E-state index is 0.0471. The van der Waals surface area contributed by atoms with Gasteiger partial charge in [0.2, 0.25) is 5.91 Å². The molecule has 2 rings (SSSR count). The van der Waals surface area contributed by atoms with Gasteiger partial charge in [-0.15, -0.1) is 0 Å². The van der Waals surface area contributed by atoms with Gasteiger partial charge in [-0.1, -0.05) is 78.3 Å². The zero-order valence-electron chi connectivity index (χ0n) is 12.4. The number of carbonyl (C=O) groups excluding carboxylic acids is 1. The van der Waals surface area contributed by atoms with E-state index in [0.717, 1.165) is 10.0 Å². The first-order valence-electron chi connectivity index (χ1n) is 7.05. The Morgan fingerprint density at radius 3 is 2.33 bits per heavy atom. The molecule has 0 bridgehead atoms. The third-order valence-electron chi connectivity index (χ3n) is 3.59. The van der Waals surface area contributed by atoms with Crippen molar-refractivity contribution in [3.8, 4) is 0 Å². The first kappa shape index (κ1) is 15.8. The van der Waals surface area contributed by atoms with Crippen LogP contribution in [-0.2, 0) is 16.6 Å². The fourth-order valence-electron chi connectivity index (χ4n) is 2.19. The zero-order valence-corrected chi connectivity index (χ0v) is 14.0. The van der Waals surface area contributed by atoms with E-state index in [9.17, 15) is 4.79 Å². The molecule has 1 N–H and O–H groups in total. The van der Waals surface area contributed by atoms with Crippen molar-refractivity contribution < 1.29 is 4.79 Å². The van der Waals surface area contributed by atoms with Gasteiger partial charge in [0.15, 0.2) is 0 Å². The molecule has 0 heterocycles. The molecule has 0 radical (unpaired) electrons. The van der Waals surface area contributed by atoms with Crippen molar-refractivity contribution in [3.63, 3.8) is 0 Å². The van der Waals surface area contributed by atoms with Crippen molar-refractivity contribution in [1.29, 1.82) is 0 Å². The first-order valence-corrected chi connectivity index (χ1v) is 7.84. The second kappa shape index (κ2) is 6.90. The standard InChI is InChI=1S/C18H20BrNO/c1-18(2,15-9-4-3-5-10-15)13-20-17(21)12-14-8-6-7-11-16(14)19/h3-11H,12-13H2,1-2H3,(H,20,21). The summed E-state index contributed by atoms with van der Waals surface area (Å²) < 4.78 is 0.975. The topological polar surface area (TPSA) is 29.1 Å². The Hall–Kier alpha value is -1.61. The molecule has 0 atom stereocenters. The summed E-state index contributed by atoms with van der Waals surface area (Å²) in [7, 11) is 0. The highest BCUT2D eigenvalue weighted by molar-refractivity contribution is 9.10. The van der Waals surface area contributed by atoms with Crippen LogP contribution in [0.5, 0.6) is 0 Å². The van der Waals surface area contributed by atoms with Crippen molar-refractivity contribution in [3.05, 3.63) is 70.2 Å². The quantitative estimate of drug-likeness (QED) is 0.868. The lowest BCUT2D eigenvalue weighted by atomic mass is 9.84. The van der Waals surface area contributed by atoms with Gasteiger partial charge in [0.05, 0.1) is 6.42 Å². The second-order valence-corrected chi connectivity index (χ2v) is 6.65. The molecule has 110 valence electrons. The van der Waals surface area contributed by atoms with E-state index in [1.807, 2.05) is 42.5 Å². The van der Waals surface area contributed by atoms with Gasteiger partial charge in [-0.3, -0.25) is 4.79 Å². The summed E-state index contributed by atoms with van der Waals surface area (Å²) in [6, 6.07) is 18.1. The van der Waals surface area contributed by atoms with Gasteiger partial charge in [-0.2, -0.15) is 0 Å². The Labute approximate surface area is 134 Å². The van der Waals surface area contributed by atoms with Gasteiger partial charge < -0.3 is 5.32 Å². The summed E-state index contributed by atoms with van der Waals surface area (Å²) in [6.45, 7) is 4.91. The third kappa shape index (κ3) is 4.43. The molecular weight excluding hydrogens is 326 g/mol. The van der Waals surface area contributed by atoms with Gasteiger partial charge in [0.25, 0.3) is 0 Å². The van der Waals surface area contributed by atoms with Crippen molar-refractivity contribution in [2.45, 2.75) is 25.7 Å². The second-order valence-electron chi connectivity index (χ2n) is 5.79. The molecule has 2 aromatic rings. The van der Waals surface area contributed by atoms with Crippen molar-refractivity contribution in [1.82, 2.24) is 5.32 Å². The number of nitrogens with one attached hydrogen (secondary N) is 1. The Kier molecular flexibility index (Phi) is 5.18. The molecule has 0 unspecified atom stereocenters. The minimum atomic E-state index is -0.0785. The van der Waals surface area contributed by atoms with E-state index in [1.54, 1.807) is 0 Å². The predicted molar refractivity (Wildman–Crippen MR) is 90.3 cm³/mol. The Balaban J connectivity index is 1.94. The maximum atomic E-state index is 12.1. The lowest BCUT2D eigenvalue weighted by Crippen LogP contribution is -2.37. The number of hydrogen-bond acceptors (Lipinski definition) is 1. The van der Waals surface area contributed by atoms with E-state index < -0.39 is 0 Å². The van der Waals surface area contributed by atoms with E-state index in [4.69, 9.17) is 0 Å². The Morgan fingerprint density at radius 1 is 1.05 bits per heavy atom. The van der Waals surface area contributed by atoms with Crippen molar-refractivity contribution in [2.75, 3.05) is 6.54 Å². The number of carbonyl (C=O) groups is 1. The van der Waals surface area contributed by atoms with E-state index in [-0.39, 0.29) is 11.3 Å². The van der Waals surface area contributed by atoms with Gasteiger partial charge in [-0.05, 0) is 17.2 Å². The van der Waals surface area contributed by atoms with Crippen LogP contribution in [0.25, 0.3) is 0 Å². The van der Waals surface area contributed by atoms with Crippen LogP contribution in [0.15, 0.2) is 59.1 Å². The summed E-state index contributed by atoms with van der Waals surface area (Å²) in [5, 5.41) is 3.04. The zero-order chi connectivity index (χ0) is 15.3. The number of hydrogen-bond donors (Lipinski definition) is 1. The molecule has 0 aliphatic rings. The van der Waals surface area contributed by atoms with E-state index in [2.05, 4.69) is 47.2 Å². The minimum Gasteiger partial charge on any atom is -0.355 e. The average molecular weight is 346 g/mol. The fourth-order valence-corrected chi connectivity index (χ4v) is 2.61. The Morgan fingerprint density at radius 2 is 1.67 bits per heavy atom. The maximum absolute atomic E-state index is 12.1. The summed E-state index contributed by atoms with van der Waals surface area (Å²) in [6.07, 6.45) is 0.395. The predicted octanol–water partition coefficient (Wildman–Crippen LogP) is 4.09. The largest absolute Gasteiger partial charge is 0.355 e. The van der Waals surface area contributed by atoms with Crippen molar-refractivity contribution >= 4 is 21.8 Å². The molecular formula is C18H20BrNO. The van der Waals surface area contributed by atoms with Crippen LogP contribution in [0.3, 0.4) is 0 Å². The summed E-state index contributed by atoms with van der Waals surface area (Å²) in [4.78, 5) is 12.1. The molecule has 0 saturated carbocycles. The van der Waals surface area contributed by atoms with Crippen LogP contribution in [0.1, 0.15) is 25.0 Å². The van der Waals surface area contributed by atoms with Crippen LogP contribution < -0.4 is 5.32 Å². The van der Waals surface area contributed by atoms with Crippen molar-refractivity contribution in [2.24, 2.45) is 0 Å². The summed E-state index contributed by atoms with van der Waals surface area (Å²) in [5.41, 5.74) is 2.16.